The van der Waals surface area contributed by atoms with Gasteiger partial charge in [0.05, 0.1) is 12.7 Å². The molecule has 0 aliphatic heterocycles. The van der Waals surface area contributed by atoms with Crippen molar-refractivity contribution in [2.45, 2.75) is 12.6 Å². The molecule has 0 bridgehead atoms. The number of nitrogens with one attached hydrogen (secondary N) is 2. The highest BCUT2D eigenvalue weighted by atomic mass is 35.5. The predicted molar refractivity (Wildman–Crippen MR) is 99.2 cm³/mol. The molecule has 1 atom stereocenters. The average Bonchev–Trinajstić information content (AvgIpc) is 2.62. The first-order valence-corrected chi connectivity index (χ1v) is 7.64. The molecule has 0 heterocycles. The van der Waals surface area contributed by atoms with Crippen LogP contribution in [0.4, 0.5) is 8.78 Å². The molecule has 2 rings (SSSR count). The normalized spacial score (nSPS) is 11.3. The molecule has 146 valence electrons. The van der Waals surface area contributed by atoms with Crippen molar-refractivity contribution in [3.8, 4) is 5.75 Å². The first-order valence-electron chi connectivity index (χ1n) is 7.64. The summed E-state index contributed by atoms with van der Waals surface area (Å²) >= 11 is 0. The van der Waals surface area contributed by atoms with Gasteiger partial charge in [0.2, 0.25) is 0 Å². The first-order chi connectivity index (χ1) is 12.4. The number of carbonyl (C=O) groups is 1. The molecule has 4 N–H and O–H groups in total. The Balaban J connectivity index is 0.00000364. The Hall–Kier alpha value is -2.71. The maximum Gasteiger partial charge on any atom is 0.254 e. The quantitative estimate of drug-likeness (QED) is 0.492. The lowest BCUT2D eigenvalue weighted by Gasteiger charge is -2.17. The van der Waals surface area contributed by atoms with Gasteiger partial charge in [-0.2, -0.15) is 0 Å². The Morgan fingerprint density at radius 1 is 1.19 bits per heavy atom. The third-order valence-electron chi connectivity index (χ3n) is 3.76. The maximum atomic E-state index is 14.2. The number of hydrogen-bond donors (Lipinski definition) is 3. The number of nitrogens with two attached hydrogens (primary N) is 1. The van der Waals surface area contributed by atoms with E-state index in [4.69, 9.17) is 20.6 Å². The number of benzene rings is 2. The highest BCUT2D eigenvalue weighted by Crippen LogP contribution is 2.27. The van der Waals surface area contributed by atoms with E-state index in [1.807, 2.05) is 0 Å². The van der Waals surface area contributed by atoms with Crippen LogP contribution in [0.3, 0.4) is 0 Å². The second-order valence-corrected chi connectivity index (χ2v) is 5.45. The number of amidine groups is 1. The Bertz CT molecular complexity index is 793. The summed E-state index contributed by atoms with van der Waals surface area (Å²) in [6.07, 6.45) is -1.45. The minimum Gasteiger partial charge on any atom is -0.497 e. The van der Waals surface area contributed by atoms with E-state index in [-0.39, 0.29) is 30.5 Å². The van der Waals surface area contributed by atoms with Gasteiger partial charge in [-0.05, 0) is 5.56 Å². The second-order valence-electron chi connectivity index (χ2n) is 5.45. The van der Waals surface area contributed by atoms with E-state index >= 15 is 0 Å². The average molecular weight is 400 g/mol. The van der Waals surface area contributed by atoms with Crippen molar-refractivity contribution < 1.29 is 23.0 Å². The molecule has 0 aliphatic carbocycles. The third kappa shape index (κ3) is 5.38. The van der Waals surface area contributed by atoms with Crippen LogP contribution in [0.1, 0.15) is 22.8 Å². The van der Waals surface area contributed by atoms with Crippen molar-refractivity contribution in [2.75, 3.05) is 14.2 Å². The molecule has 0 fully saturated rings. The van der Waals surface area contributed by atoms with Crippen LogP contribution in [0.2, 0.25) is 0 Å². The largest absolute Gasteiger partial charge is 0.497 e. The number of carbonyl (C=O) groups excluding carboxylic acids is 1. The van der Waals surface area contributed by atoms with Crippen molar-refractivity contribution in [1.82, 2.24) is 5.32 Å². The van der Waals surface area contributed by atoms with Crippen molar-refractivity contribution in [3.05, 3.63) is 64.7 Å². The number of rotatable bonds is 7. The minimum absolute atomic E-state index is 0. The summed E-state index contributed by atoms with van der Waals surface area (Å²) in [6.45, 7) is 0.121. The summed E-state index contributed by atoms with van der Waals surface area (Å²) in [4.78, 5) is 12.3. The first kappa shape index (κ1) is 22.3. The zero-order valence-electron chi connectivity index (χ0n) is 14.7. The smallest absolute Gasteiger partial charge is 0.254 e. The summed E-state index contributed by atoms with van der Waals surface area (Å²) in [5, 5.41) is 9.90. The van der Waals surface area contributed by atoms with Crippen LogP contribution < -0.4 is 15.8 Å². The van der Waals surface area contributed by atoms with Gasteiger partial charge in [0, 0.05) is 31.4 Å². The maximum absolute atomic E-state index is 14.2. The molecule has 0 spiro atoms. The lowest BCUT2D eigenvalue weighted by Crippen LogP contribution is -2.31. The number of hydrogen-bond acceptors (Lipinski definition) is 4. The highest BCUT2D eigenvalue weighted by molar-refractivity contribution is 5.94. The Kier molecular flexibility index (Phi) is 8.14. The van der Waals surface area contributed by atoms with Crippen LogP contribution in [0.5, 0.6) is 5.75 Å². The molecule has 0 unspecified atom stereocenters. The number of amides is 1. The van der Waals surface area contributed by atoms with Gasteiger partial charge in [-0.3, -0.25) is 10.2 Å². The van der Waals surface area contributed by atoms with E-state index in [2.05, 4.69) is 5.32 Å². The molecule has 2 aromatic carbocycles. The van der Waals surface area contributed by atoms with Crippen LogP contribution in [-0.2, 0) is 16.1 Å². The number of ether oxygens (including phenoxy) is 2. The van der Waals surface area contributed by atoms with Gasteiger partial charge >= 0.3 is 0 Å². The molecule has 2 aromatic rings. The van der Waals surface area contributed by atoms with E-state index in [1.54, 1.807) is 24.3 Å². The van der Waals surface area contributed by atoms with Gasteiger partial charge in [0.15, 0.2) is 6.10 Å². The zero-order chi connectivity index (χ0) is 19.3. The van der Waals surface area contributed by atoms with Crippen LogP contribution in [-0.4, -0.2) is 26.0 Å². The van der Waals surface area contributed by atoms with Gasteiger partial charge in [-0.15, -0.1) is 12.4 Å². The third-order valence-corrected chi connectivity index (χ3v) is 3.76. The molecule has 27 heavy (non-hydrogen) atoms. The Morgan fingerprint density at radius 2 is 1.74 bits per heavy atom. The lowest BCUT2D eigenvalue weighted by molar-refractivity contribution is -0.131. The lowest BCUT2D eigenvalue weighted by atomic mass is 10.1. The topological polar surface area (TPSA) is 97.4 Å². The molecule has 6 nitrogen and oxygen atoms in total. The van der Waals surface area contributed by atoms with Crippen molar-refractivity contribution >= 4 is 24.1 Å². The van der Waals surface area contributed by atoms with Crippen LogP contribution in [0.15, 0.2) is 36.4 Å². The molecule has 0 radical (unpaired) electrons. The molecule has 0 aliphatic rings. The summed E-state index contributed by atoms with van der Waals surface area (Å²) < 4.78 is 38.1. The van der Waals surface area contributed by atoms with Gasteiger partial charge < -0.3 is 20.5 Å². The number of nitrogen functional groups attached to an aromatic ring is 1. The van der Waals surface area contributed by atoms with Gasteiger partial charge in [0.1, 0.15) is 23.2 Å². The fourth-order valence-electron chi connectivity index (χ4n) is 2.37. The number of methoxy groups -OCH3 is 2. The predicted octanol–water partition coefficient (Wildman–Crippen LogP) is 2.68. The van der Waals surface area contributed by atoms with E-state index in [9.17, 15) is 13.6 Å². The second kappa shape index (κ2) is 9.84. The van der Waals surface area contributed by atoms with E-state index in [1.165, 1.54) is 14.2 Å². The van der Waals surface area contributed by atoms with Gasteiger partial charge in [0.25, 0.3) is 5.91 Å². The molecular weight excluding hydrogens is 380 g/mol. The van der Waals surface area contributed by atoms with Crippen LogP contribution >= 0.6 is 12.4 Å². The fourth-order valence-corrected chi connectivity index (χ4v) is 2.37. The van der Waals surface area contributed by atoms with Crippen molar-refractivity contribution in [2.24, 2.45) is 5.73 Å². The fraction of sp³-hybridized carbons (Fsp3) is 0.222. The van der Waals surface area contributed by atoms with Crippen LogP contribution in [0, 0.1) is 17.0 Å². The van der Waals surface area contributed by atoms with E-state index in [0.29, 0.717) is 5.56 Å². The molecule has 1 amide bonds. The van der Waals surface area contributed by atoms with Crippen LogP contribution in [0.25, 0.3) is 0 Å². The van der Waals surface area contributed by atoms with Crippen molar-refractivity contribution in [1.29, 1.82) is 5.41 Å². The highest BCUT2D eigenvalue weighted by Gasteiger charge is 2.27. The molecule has 0 aromatic heterocycles. The monoisotopic (exact) mass is 399 g/mol. The zero-order valence-corrected chi connectivity index (χ0v) is 15.5. The molecule has 0 saturated carbocycles. The summed E-state index contributed by atoms with van der Waals surface area (Å²) in [6, 6.07) is 8.62. The standard InChI is InChI=1S/C18H19F2N3O3.ClH/c1-25-12-7-13(19)15(14(20)8-12)16(26-2)18(24)23-9-10-3-5-11(6-4-10)17(21)22;/h3-8,16H,9H2,1-2H3,(H3,21,22)(H,23,24);1H/t16-;/m1./s1. The van der Waals surface area contributed by atoms with Crippen molar-refractivity contribution in [3.63, 3.8) is 0 Å². The van der Waals surface area contributed by atoms with E-state index in [0.717, 1.165) is 17.7 Å². The molecule has 9 heteroatoms. The molecular formula is C18H20ClF2N3O3. The van der Waals surface area contributed by atoms with Gasteiger partial charge in [-0.1, -0.05) is 24.3 Å². The summed E-state index contributed by atoms with van der Waals surface area (Å²) in [5.41, 5.74) is 6.17. The Labute approximate surface area is 161 Å². The number of halogens is 3. The minimum atomic E-state index is -1.45. The SMILES string of the molecule is COc1cc(F)c([C@@H](OC)C(=O)NCc2ccc(C(=N)N)cc2)c(F)c1.Cl. The molecule has 0 saturated heterocycles. The summed E-state index contributed by atoms with van der Waals surface area (Å²) in [7, 11) is 2.47. The summed E-state index contributed by atoms with van der Waals surface area (Å²) in [5.74, 6) is -2.62. The Morgan fingerprint density at radius 3 is 2.19 bits per heavy atom. The van der Waals surface area contributed by atoms with Gasteiger partial charge in [-0.25, -0.2) is 8.78 Å². The van der Waals surface area contributed by atoms with E-state index < -0.39 is 29.2 Å².